The summed E-state index contributed by atoms with van der Waals surface area (Å²) in [7, 11) is 4.23. The third-order valence-corrected chi connectivity index (χ3v) is 3.91. The van der Waals surface area contributed by atoms with E-state index in [-0.39, 0.29) is 0 Å². The summed E-state index contributed by atoms with van der Waals surface area (Å²) in [6.07, 6.45) is 1.15. The van der Waals surface area contributed by atoms with Crippen LogP contribution in [0.25, 0.3) is 10.9 Å². The molecule has 0 unspecified atom stereocenters. The van der Waals surface area contributed by atoms with E-state index in [1.165, 1.54) is 11.1 Å². The number of benzene rings is 1. The minimum Gasteiger partial charge on any atom is -0.371 e. The average Bonchev–Trinajstić information content (AvgIpc) is 2.50. The summed E-state index contributed by atoms with van der Waals surface area (Å²) in [5, 5.41) is 1.21. The Kier molecular flexibility index (Phi) is 5.83. The van der Waals surface area contributed by atoms with Crippen LogP contribution in [0.3, 0.4) is 0 Å². The predicted molar refractivity (Wildman–Crippen MR) is 92.4 cm³/mol. The van der Waals surface area contributed by atoms with Gasteiger partial charge in [0, 0.05) is 24.2 Å². The summed E-state index contributed by atoms with van der Waals surface area (Å²) in [5.74, 6) is 0.451. The van der Waals surface area contributed by atoms with Crippen LogP contribution in [-0.2, 0) is 5.88 Å². The van der Waals surface area contributed by atoms with Gasteiger partial charge in [-0.25, -0.2) is 0 Å². The maximum Gasteiger partial charge on any atom is 0.0726 e. The van der Waals surface area contributed by atoms with Crippen LogP contribution in [0.5, 0.6) is 0 Å². The van der Waals surface area contributed by atoms with Crippen LogP contribution in [0.2, 0.25) is 0 Å². The van der Waals surface area contributed by atoms with Crippen molar-refractivity contribution >= 4 is 28.2 Å². The Balaban J connectivity index is 2.32. The first-order valence-electron chi connectivity index (χ1n) is 7.50. The Morgan fingerprint density at radius 2 is 1.90 bits per heavy atom. The topological polar surface area (TPSA) is 19.4 Å². The number of pyridine rings is 1. The molecule has 0 saturated carbocycles. The second kappa shape index (κ2) is 7.62. The molecule has 114 valence electrons. The molecule has 2 rings (SSSR count). The number of rotatable bonds is 7. The van der Waals surface area contributed by atoms with Crippen LogP contribution in [0.1, 0.15) is 19.0 Å². The second-order valence-electron chi connectivity index (χ2n) is 5.52. The van der Waals surface area contributed by atoms with Crippen molar-refractivity contribution in [3.63, 3.8) is 0 Å². The van der Waals surface area contributed by atoms with Gasteiger partial charge in [0.1, 0.15) is 0 Å². The largest absolute Gasteiger partial charge is 0.371 e. The van der Waals surface area contributed by atoms with Gasteiger partial charge in [0.15, 0.2) is 0 Å². The van der Waals surface area contributed by atoms with E-state index in [0.717, 1.165) is 37.3 Å². The normalized spacial score (nSPS) is 11.3. The molecule has 2 aromatic rings. The highest BCUT2D eigenvalue weighted by Gasteiger charge is 2.11. The number of anilines is 1. The first kappa shape index (κ1) is 16.1. The van der Waals surface area contributed by atoms with Crippen molar-refractivity contribution < 1.29 is 0 Å². The van der Waals surface area contributed by atoms with Gasteiger partial charge in [-0.1, -0.05) is 18.2 Å². The van der Waals surface area contributed by atoms with E-state index < -0.39 is 0 Å². The fourth-order valence-corrected chi connectivity index (χ4v) is 2.70. The molecular weight excluding hydrogens is 282 g/mol. The lowest BCUT2D eigenvalue weighted by molar-refractivity contribution is 0.400. The Bertz CT molecular complexity index is 583. The lowest BCUT2D eigenvalue weighted by Crippen LogP contribution is -2.27. The van der Waals surface area contributed by atoms with E-state index >= 15 is 0 Å². The molecule has 0 saturated heterocycles. The highest BCUT2D eigenvalue weighted by atomic mass is 35.5. The molecule has 4 heteroatoms. The molecule has 0 fully saturated rings. The molecule has 1 aromatic heterocycles. The summed E-state index contributed by atoms with van der Waals surface area (Å²) in [5.41, 5.74) is 3.21. The monoisotopic (exact) mass is 305 g/mol. The van der Waals surface area contributed by atoms with Gasteiger partial charge in [0.2, 0.25) is 0 Å². The molecule has 0 atom stereocenters. The summed E-state index contributed by atoms with van der Waals surface area (Å²) < 4.78 is 0. The van der Waals surface area contributed by atoms with E-state index in [9.17, 15) is 0 Å². The standard InChI is InChI=1S/C17H24ClN3/c1-4-21(11-7-10-20(2)3)17-12-14(13-18)19-16-9-6-5-8-15(16)17/h5-6,8-9,12H,4,7,10-11,13H2,1-3H3. The van der Waals surface area contributed by atoms with Gasteiger partial charge in [-0.2, -0.15) is 0 Å². The predicted octanol–water partition coefficient (Wildman–Crippen LogP) is 3.75. The maximum absolute atomic E-state index is 6.01. The third-order valence-electron chi connectivity index (χ3n) is 3.64. The maximum atomic E-state index is 6.01. The van der Waals surface area contributed by atoms with Crippen molar-refractivity contribution in [2.75, 3.05) is 38.6 Å². The number of halogens is 1. The highest BCUT2D eigenvalue weighted by molar-refractivity contribution is 6.17. The molecule has 0 radical (unpaired) electrons. The molecule has 1 heterocycles. The van der Waals surface area contributed by atoms with Crippen LogP contribution in [-0.4, -0.2) is 43.6 Å². The van der Waals surface area contributed by atoms with Gasteiger partial charge in [-0.3, -0.25) is 4.98 Å². The van der Waals surface area contributed by atoms with E-state index in [0.29, 0.717) is 5.88 Å². The molecule has 0 aliphatic heterocycles. The van der Waals surface area contributed by atoms with E-state index in [1.807, 2.05) is 6.07 Å². The number of nitrogens with zero attached hydrogens (tertiary/aromatic N) is 3. The van der Waals surface area contributed by atoms with E-state index in [1.54, 1.807) is 0 Å². The average molecular weight is 306 g/mol. The van der Waals surface area contributed by atoms with Crippen LogP contribution < -0.4 is 4.90 Å². The summed E-state index contributed by atoms with van der Waals surface area (Å²) in [6.45, 7) is 5.33. The van der Waals surface area contributed by atoms with Gasteiger partial charge in [-0.15, -0.1) is 11.6 Å². The number of hydrogen-bond acceptors (Lipinski definition) is 3. The molecule has 0 spiro atoms. The molecular formula is C17H24ClN3. The third kappa shape index (κ3) is 4.08. The first-order valence-corrected chi connectivity index (χ1v) is 8.03. The molecule has 21 heavy (non-hydrogen) atoms. The van der Waals surface area contributed by atoms with Crippen molar-refractivity contribution in [2.24, 2.45) is 0 Å². The first-order chi connectivity index (χ1) is 10.2. The van der Waals surface area contributed by atoms with E-state index in [4.69, 9.17) is 11.6 Å². The molecule has 3 nitrogen and oxygen atoms in total. The summed E-state index contributed by atoms with van der Waals surface area (Å²) >= 11 is 6.01. The number of alkyl halides is 1. The molecule has 0 aliphatic rings. The van der Waals surface area contributed by atoms with Gasteiger partial charge in [0.25, 0.3) is 0 Å². The van der Waals surface area contributed by atoms with Crippen molar-refractivity contribution in [3.05, 3.63) is 36.0 Å². The molecule has 1 aromatic carbocycles. The highest BCUT2D eigenvalue weighted by Crippen LogP contribution is 2.27. The van der Waals surface area contributed by atoms with Gasteiger partial charge in [-0.05, 0) is 46.1 Å². The van der Waals surface area contributed by atoms with Gasteiger partial charge in [0.05, 0.1) is 17.1 Å². The Morgan fingerprint density at radius 1 is 1.14 bits per heavy atom. The zero-order chi connectivity index (χ0) is 15.2. The lowest BCUT2D eigenvalue weighted by atomic mass is 10.1. The Labute approximate surface area is 132 Å². The number of fused-ring (bicyclic) bond motifs is 1. The van der Waals surface area contributed by atoms with Crippen LogP contribution in [0, 0.1) is 0 Å². The molecule has 0 N–H and O–H groups in total. The Morgan fingerprint density at radius 3 is 2.57 bits per heavy atom. The van der Waals surface area contributed by atoms with Crippen molar-refractivity contribution in [2.45, 2.75) is 19.2 Å². The fraction of sp³-hybridized carbons (Fsp3) is 0.471. The minimum absolute atomic E-state index is 0.451. The smallest absolute Gasteiger partial charge is 0.0726 e. The van der Waals surface area contributed by atoms with Crippen molar-refractivity contribution in [1.82, 2.24) is 9.88 Å². The zero-order valence-electron chi connectivity index (χ0n) is 13.1. The number of hydrogen-bond donors (Lipinski definition) is 0. The van der Waals surface area contributed by atoms with Crippen LogP contribution in [0.15, 0.2) is 30.3 Å². The summed E-state index contributed by atoms with van der Waals surface area (Å²) in [6, 6.07) is 10.4. The van der Waals surface area contributed by atoms with Gasteiger partial charge >= 0.3 is 0 Å². The van der Waals surface area contributed by atoms with E-state index in [2.05, 4.69) is 60.1 Å². The Hall–Kier alpha value is -1.32. The summed E-state index contributed by atoms with van der Waals surface area (Å²) in [4.78, 5) is 9.26. The second-order valence-corrected chi connectivity index (χ2v) is 5.79. The fourth-order valence-electron chi connectivity index (χ4n) is 2.57. The molecule has 0 amide bonds. The number of para-hydroxylation sites is 1. The quantitative estimate of drug-likeness (QED) is 0.726. The lowest BCUT2D eigenvalue weighted by Gasteiger charge is -2.25. The zero-order valence-corrected chi connectivity index (χ0v) is 13.9. The van der Waals surface area contributed by atoms with Crippen LogP contribution >= 0.6 is 11.6 Å². The SMILES string of the molecule is CCN(CCCN(C)C)c1cc(CCl)nc2ccccc12. The molecule has 0 aliphatic carbocycles. The number of aromatic nitrogens is 1. The van der Waals surface area contributed by atoms with Gasteiger partial charge < -0.3 is 9.80 Å². The minimum atomic E-state index is 0.451. The van der Waals surface area contributed by atoms with Crippen molar-refractivity contribution in [1.29, 1.82) is 0 Å². The van der Waals surface area contributed by atoms with Crippen molar-refractivity contribution in [3.8, 4) is 0 Å². The van der Waals surface area contributed by atoms with Crippen LogP contribution in [0.4, 0.5) is 5.69 Å². The molecule has 0 bridgehead atoms.